The van der Waals surface area contributed by atoms with Crippen molar-refractivity contribution >= 4 is 72.9 Å². The molecule has 4 aliphatic heterocycles. The lowest BCUT2D eigenvalue weighted by molar-refractivity contribution is -0.336. The molecule has 31 heteroatoms. The van der Waals surface area contributed by atoms with Crippen molar-refractivity contribution in [3.63, 3.8) is 0 Å². The fourth-order valence-corrected chi connectivity index (χ4v) is 15.9. The van der Waals surface area contributed by atoms with Gasteiger partial charge in [-0.3, -0.25) is 19.7 Å². The van der Waals surface area contributed by atoms with E-state index < -0.39 is 149 Å². The summed E-state index contributed by atoms with van der Waals surface area (Å²) in [5.41, 5.74) is 0.521. The molecule has 19 atom stereocenters. The summed E-state index contributed by atoms with van der Waals surface area (Å²) in [5, 5.41) is 63.1. The number of hydrogen-bond acceptors (Lipinski definition) is 26. The van der Waals surface area contributed by atoms with Crippen LogP contribution in [0, 0.1) is 34.2 Å². The summed E-state index contributed by atoms with van der Waals surface area (Å²) < 4.78 is 112. The molecule has 4 heterocycles. The van der Waals surface area contributed by atoms with E-state index in [1.54, 1.807) is 40.9 Å². The third-order valence-electron chi connectivity index (χ3n) is 16.8. The first-order valence-corrected chi connectivity index (χ1v) is 34.7. The number of alkyl carbamates (subject to hydrolysis) is 1. The van der Waals surface area contributed by atoms with Gasteiger partial charge >= 0.3 is 12.3 Å². The first-order valence-electron chi connectivity index (χ1n) is 30.4. The average molecular weight is 1510 g/mol. The maximum Gasteiger partial charge on any atom is 0.416 e. The van der Waals surface area contributed by atoms with Gasteiger partial charge in [0.05, 0.1) is 103 Å². The van der Waals surface area contributed by atoms with Crippen molar-refractivity contribution in [1.29, 1.82) is 0 Å². The monoisotopic (exact) mass is 1510 g/mol. The van der Waals surface area contributed by atoms with Crippen molar-refractivity contribution in [3.05, 3.63) is 85.2 Å². The first kappa shape index (κ1) is 76.5. The molecule has 1 amide bonds. The molecular formula is C64H81F3IN3O21S3. The summed E-state index contributed by atoms with van der Waals surface area (Å²) in [5.74, 6) is 10.8. The number of aliphatic hydroxyl groups is 5. The van der Waals surface area contributed by atoms with Crippen LogP contribution in [0.4, 0.5) is 18.0 Å². The summed E-state index contributed by atoms with van der Waals surface area (Å²) in [7, 11) is 9.29. The number of ketones is 1. The number of fused-ring (bicyclic) bond motifs is 2. The normalized spacial score (nSPS) is 33.1. The third-order valence-corrected chi connectivity index (χ3v) is 22.6. The molecule has 0 spiro atoms. The molecule has 2 aliphatic carbocycles. The molecule has 2 aromatic carbocycles. The van der Waals surface area contributed by atoms with E-state index in [1.807, 2.05) is 43.4 Å². The van der Waals surface area contributed by atoms with Crippen molar-refractivity contribution in [1.82, 2.24) is 16.1 Å². The fourth-order valence-electron chi connectivity index (χ4n) is 11.7. The van der Waals surface area contributed by atoms with Crippen LogP contribution in [0.15, 0.2) is 59.3 Å². The molecule has 95 heavy (non-hydrogen) atoms. The average Bonchev–Trinajstić information content (AvgIpc) is 0.792. The zero-order chi connectivity index (χ0) is 69.4. The van der Waals surface area contributed by atoms with Crippen LogP contribution < -0.4 is 30.3 Å². The standard InChI is InChI=1S/C64H81F3IN3O21S3/c1-13-69-37-29-85-42(27-41(37)80-8)90-55-50(75)47(71-92-43-26-38(72)57(33(5)86-43)94-58(77)44-30(2)46(68)53(56(83-11)52(44)81-9)91-59-51(76)54(82-10)49(74)32(4)88-59)31(3)87-60(55)89-40-18-16-14-15-17-24-63(79)28-39(73)48(70-61(78)84-12)45(40)36(63)23-25-93-95-62(6,7)34-19-21-35(22-20-34)64(65,66)67/h14-15,19-23,31-33,37-38,40-43,47,49-51,54-55,57,59-60,69,71-72,74-76,79H,13,25-29H2,1-12H3,(H,70,78)/b15-14?,36-23+/t31-,32+,33-,37+,38+,40+,41+,42+,43+,47-,49+,50+,51-,54-,55-,57-,59+,60+,63+/m1/s1. The van der Waals surface area contributed by atoms with Crippen molar-refractivity contribution < 1.29 is 115 Å². The number of halogens is 4. The number of likely N-dealkylation sites (N-methyl/N-ethyl adjacent to an activating group) is 1. The van der Waals surface area contributed by atoms with Gasteiger partial charge in [0.15, 0.2) is 41.8 Å². The Morgan fingerprint density at radius 1 is 0.842 bits per heavy atom. The van der Waals surface area contributed by atoms with Gasteiger partial charge in [-0.1, -0.05) is 82.2 Å². The Bertz CT molecular complexity index is 3280. The van der Waals surface area contributed by atoms with E-state index in [0.29, 0.717) is 21.2 Å². The number of hydrogen-bond donors (Lipinski definition) is 8. The highest BCUT2D eigenvalue weighted by molar-refractivity contribution is 14.1. The quantitative estimate of drug-likeness (QED) is 0.0212. The maximum atomic E-state index is 14.5. The minimum Gasteiger partial charge on any atom is -0.492 e. The van der Waals surface area contributed by atoms with Gasteiger partial charge in [0.2, 0.25) is 17.2 Å². The molecule has 4 saturated heterocycles. The number of hydroxylamine groups is 1. The number of carbonyl (C=O) groups excluding carboxylic acids is 3. The Labute approximate surface area is 574 Å². The highest BCUT2D eigenvalue weighted by atomic mass is 127. The highest BCUT2D eigenvalue weighted by Gasteiger charge is 2.52. The summed E-state index contributed by atoms with van der Waals surface area (Å²) in [4.78, 5) is 48.1. The SMILES string of the molecule is CCN[C@H]1CO[C@@H](O[C@H]2[C@H](O[C@H]3C#CC=CC#C[C@]4(O)CC(=O)C(NC(=O)OC)=C3/C4=C\CSSC(C)(C)c3ccc(C(F)(F)F)cc3)O[C@H](C)[C@@H](NO[C@H]3C[C@H](O)[C@H](SC(=O)c4c(C)c(I)c(O[C@@H]5O[C@@H](C)[C@H](O)[C@@H](OC)[C@H]5O)c(OC)c4OC)[C@@H](C)O3)[C@@H]2O)C[C@@H]1OC. The Kier molecular flexibility index (Phi) is 26.8. The van der Waals surface area contributed by atoms with Gasteiger partial charge in [-0.15, -0.1) is 0 Å². The Morgan fingerprint density at radius 3 is 2.17 bits per heavy atom. The number of amides is 1. The molecule has 8 rings (SSSR count). The van der Waals surface area contributed by atoms with E-state index in [2.05, 4.69) is 39.8 Å². The molecular weight excluding hydrogens is 1430 g/mol. The number of methoxy groups -OCH3 is 5. The second-order valence-electron chi connectivity index (χ2n) is 23.5. The Balaban J connectivity index is 1.04. The van der Waals surface area contributed by atoms with Gasteiger partial charge in [0, 0.05) is 48.7 Å². The van der Waals surface area contributed by atoms with Gasteiger partial charge in [-0.05, 0) is 106 Å². The zero-order valence-electron chi connectivity index (χ0n) is 54.2. The van der Waals surface area contributed by atoms with E-state index in [0.717, 1.165) is 31.0 Å². The summed E-state index contributed by atoms with van der Waals surface area (Å²) >= 11 is 2.78. The number of benzene rings is 2. The van der Waals surface area contributed by atoms with Gasteiger partial charge in [0.1, 0.15) is 36.6 Å². The van der Waals surface area contributed by atoms with E-state index in [-0.39, 0.29) is 70.9 Å². The van der Waals surface area contributed by atoms with Crippen molar-refractivity contribution in [2.45, 2.75) is 194 Å². The topological polar surface area (TPSA) is 308 Å². The number of thioether (sulfide) groups is 1. The maximum absolute atomic E-state index is 14.5. The summed E-state index contributed by atoms with van der Waals surface area (Å²) in [6, 6.07) is 3.46. The lowest BCUT2D eigenvalue weighted by atomic mass is 9.75. The molecule has 0 radical (unpaired) electrons. The number of rotatable bonds is 23. The Morgan fingerprint density at radius 2 is 1.53 bits per heavy atom. The second kappa shape index (κ2) is 33.3. The second-order valence-corrected chi connectivity index (χ2v) is 28.7. The van der Waals surface area contributed by atoms with E-state index in [1.165, 1.54) is 67.2 Å². The predicted molar refractivity (Wildman–Crippen MR) is 351 cm³/mol. The molecule has 0 saturated carbocycles. The molecule has 24 nitrogen and oxygen atoms in total. The van der Waals surface area contributed by atoms with Crippen molar-refractivity contribution in [2.24, 2.45) is 0 Å². The van der Waals surface area contributed by atoms with Gasteiger partial charge in [0.25, 0.3) is 0 Å². The lowest BCUT2D eigenvalue weighted by Gasteiger charge is -2.46. The molecule has 8 N–H and O–H groups in total. The van der Waals surface area contributed by atoms with Crippen LogP contribution in [0.2, 0.25) is 0 Å². The fraction of sp³-hybridized carbons (Fsp3) is 0.609. The minimum atomic E-state index is -4.52. The zero-order valence-corrected chi connectivity index (χ0v) is 58.8. The van der Waals surface area contributed by atoms with Crippen LogP contribution in [0.3, 0.4) is 0 Å². The van der Waals surface area contributed by atoms with Crippen molar-refractivity contribution in [2.75, 3.05) is 54.5 Å². The number of Topliss-reactive ketones (excluding diaryl/α,β-unsaturated/α-hetero) is 1. The third kappa shape index (κ3) is 17.7. The number of alkyl halides is 3. The molecule has 2 aromatic rings. The Hall–Kier alpha value is -4.28. The first-order chi connectivity index (χ1) is 45.0. The van der Waals surface area contributed by atoms with Crippen molar-refractivity contribution in [3.8, 4) is 40.9 Å². The smallest absolute Gasteiger partial charge is 0.416 e. The van der Waals surface area contributed by atoms with E-state index >= 15 is 0 Å². The van der Waals surface area contributed by atoms with Crippen LogP contribution in [0.25, 0.3) is 0 Å². The van der Waals surface area contributed by atoms with Gasteiger partial charge in [-0.2, -0.15) is 18.7 Å². The van der Waals surface area contributed by atoms with Crippen LogP contribution in [0.1, 0.15) is 87.9 Å². The molecule has 6 aliphatic rings. The number of nitrogens with one attached hydrogen (secondary N) is 3. The van der Waals surface area contributed by atoms with Crippen LogP contribution in [-0.2, 0) is 63.2 Å². The van der Waals surface area contributed by atoms with E-state index in [9.17, 15) is 53.1 Å². The van der Waals surface area contributed by atoms with E-state index in [4.69, 9.17) is 61.7 Å². The van der Waals surface area contributed by atoms with Crippen LogP contribution >= 0.6 is 55.9 Å². The van der Waals surface area contributed by atoms with Gasteiger partial charge < -0.3 is 87.7 Å². The minimum absolute atomic E-state index is 0.00303. The summed E-state index contributed by atoms with van der Waals surface area (Å²) in [6.07, 6.45) is -19.7. The number of aliphatic hydroxyl groups excluding tert-OH is 4. The molecule has 2 bridgehead atoms. The molecule has 524 valence electrons. The molecule has 0 unspecified atom stereocenters. The number of allylic oxidation sites excluding steroid dienone is 3. The van der Waals surface area contributed by atoms with Gasteiger partial charge in [-0.25, -0.2) is 4.79 Å². The highest BCUT2D eigenvalue weighted by Crippen LogP contribution is 2.50. The number of carbonyl (C=O) groups is 3. The lowest BCUT2D eigenvalue weighted by Crippen LogP contribution is -2.65. The number of ether oxygens (including phenoxy) is 12. The van der Waals surface area contributed by atoms with Crippen LogP contribution in [-0.4, -0.2) is 212 Å². The van der Waals surface area contributed by atoms with Crippen LogP contribution in [0.5, 0.6) is 17.2 Å². The predicted octanol–water partition coefficient (Wildman–Crippen LogP) is 5.87. The molecule has 4 fully saturated rings. The summed E-state index contributed by atoms with van der Waals surface area (Å²) in [6.45, 7) is 12.9. The molecule has 0 aromatic heterocycles. The largest absolute Gasteiger partial charge is 0.492 e.